The first-order valence-corrected chi connectivity index (χ1v) is 6.30. The van der Waals surface area contributed by atoms with Crippen LogP contribution in [0.1, 0.15) is 52.7 Å². The molecule has 0 amide bonds. The molecule has 0 spiro atoms. The number of fused-ring (bicyclic) bond motifs is 1. The zero-order chi connectivity index (χ0) is 13.7. The molecule has 0 bridgehead atoms. The molecule has 2 rings (SSSR count). The van der Waals surface area contributed by atoms with Gasteiger partial charge in [-0.15, -0.1) is 0 Å². The lowest BCUT2D eigenvalue weighted by Crippen LogP contribution is -2.21. The van der Waals surface area contributed by atoms with Crippen molar-refractivity contribution in [3.8, 4) is 0 Å². The normalized spacial score (nSPS) is 13.2. The van der Waals surface area contributed by atoms with E-state index in [0.717, 1.165) is 11.0 Å². The molecule has 1 heterocycles. The van der Waals surface area contributed by atoms with Crippen LogP contribution in [0.5, 0.6) is 0 Å². The van der Waals surface area contributed by atoms with E-state index in [1.165, 1.54) is 11.1 Å². The molecule has 0 saturated heterocycles. The Morgan fingerprint density at radius 3 is 1.94 bits per heavy atom. The summed E-state index contributed by atoms with van der Waals surface area (Å²) >= 11 is 0. The highest BCUT2D eigenvalue weighted by Gasteiger charge is 2.26. The second-order valence-corrected chi connectivity index (χ2v) is 6.96. The van der Waals surface area contributed by atoms with Crippen LogP contribution in [-0.2, 0) is 10.8 Å². The Bertz CT molecular complexity index is 583. The zero-order valence-corrected chi connectivity index (χ0v) is 12.1. The number of nitrogen functional groups attached to an aromatic ring is 1. The third-order valence-electron chi connectivity index (χ3n) is 3.25. The van der Waals surface area contributed by atoms with Gasteiger partial charge in [0.05, 0.1) is 5.39 Å². The van der Waals surface area contributed by atoms with Crippen molar-refractivity contribution in [1.29, 1.82) is 0 Å². The summed E-state index contributed by atoms with van der Waals surface area (Å²) in [6.45, 7) is 13.3. The fourth-order valence-corrected chi connectivity index (χ4v) is 2.24. The Hall–Kier alpha value is -1.51. The van der Waals surface area contributed by atoms with Gasteiger partial charge < -0.3 is 10.3 Å². The number of benzene rings is 1. The lowest BCUT2D eigenvalue weighted by molar-refractivity contribution is 0.458. The standard InChI is InChI=1S/C15H22N2O/c1-14(2,3)10-7-9-12(18-17-13(9)16)8-11(10)15(4,5)6/h7-8H,1-6H3,(H2,16,17). The number of nitrogens with two attached hydrogens (primary N) is 1. The monoisotopic (exact) mass is 246 g/mol. The molecule has 2 N–H and O–H groups in total. The Labute approximate surface area is 108 Å². The van der Waals surface area contributed by atoms with Gasteiger partial charge in [0.25, 0.3) is 0 Å². The van der Waals surface area contributed by atoms with Crippen LogP contribution in [-0.4, -0.2) is 5.16 Å². The molecular formula is C15H22N2O. The molecular weight excluding hydrogens is 224 g/mol. The largest absolute Gasteiger partial charge is 0.380 e. The predicted octanol–water partition coefficient (Wildman–Crippen LogP) is 4.01. The molecule has 3 nitrogen and oxygen atoms in total. The Balaban J connectivity index is 2.82. The van der Waals surface area contributed by atoms with Gasteiger partial charge >= 0.3 is 0 Å². The molecule has 18 heavy (non-hydrogen) atoms. The minimum absolute atomic E-state index is 0.0678. The second-order valence-electron chi connectivity index (χ2n) is 6.96. The number of anilines is 1. The first-order chi connectivity index (χ1) is 8.10. The lowest BCUT2D eigenvalue weighted by atomic mass is 9.75. The molecule has 2 aromatic rings. The van der Waals surface area contributed by atoms with E-state index in [1.54, 1.807) is 0 Å². The van der Waals surface area contributed by atoms with Crippen molar-refractivity contribution in [3.63, 3.8) is 0 Å². The van der Waals surface area contributed by atoms with Gasteiger partial charge in [0.15, 0.2) is 11.4 Å². The van der Waals surface area contributed by atoms with Crippen LogP contribution in [0.15, 0.2) is 16.7 Å². The molecule has 1 aromatic heterocycles. The van der Waals surface area contributed by atoms with E-state index < -0.39 is 0 Å². The molecule has 0 aliphatic rings. The number of rotatable bonds is 0. The van der Waals surface area contributed by atoms with Crippen molar-refractivity contribution in [2.75, 3.05) is 5.73 Å². The molecule has 0 atom stereocenters. The lowest BCUT2D eigenvalue weighted by Gasteiger charge is -2.29. The number of hydrogen-bond acceptors (Lipinski definition) is 3. The summed E-state index contributed by atoms with van der Waals surface area (Å²) in [6.07, 6.45) is 0. The second kappa shape index (κ2) is 3.74. The highest BCUT2D eigenvalue weighted by Crippen LogP contribution is 2.37. The van der Waals surface area contributed by atoms with Crippen LogP contribution in [0.2, 0.25) is 0 Å². The summed E-state index contributed by atoms with van der Waals surface area (Å²) in [4.78, 5) is 0. The number of nitrogens with zero attached hydrogens (tertiary/aromatic N) is 1. The smallest absolute Gasteiger partial charge is 0.174 e. The van der Waals surface area contributed by atoms with Crippen molar-refractivity contribution in [2.24, 2.45) is 0 Å². The molecule has 1 aromatic carbocycles. The van der Waals surface area contributed by atoms with Crippen LogP contribution >= 0.6 is 0 Å². The summed E-state index contributed by atoms with van der Waals surface area (Å²) in [7, 11) is 0. The maximum Gasteiger partial charge on any atom is 0.174 e. The molecule has 0 radical (unpaired) electrons. The van der Waals surface area contributed by atoms with E-state index in [4.69, 9.17) is 10.3 Å². The fraction of sp³-hybridized carbons (Fsp3) is 0.533. The van der Waals surface area contributed by atoms with Crippen LogP contribution in [0.4, 0.5) is 5.82 Å². The van der Waals surface area contributed by atoms with E-state index in [-0.39, 0.29) is 10.8 Å². The summed E-state index contributed by atoms with van der Waals surface area (Å²) in [5.41, 5.74) is 9.34. The average molecular weight is 246 g/mol. The first-order valence-electron chi connectivity index (χ1n) is 6.30. The van der Waals surface area contributed by atoms with Crippen molar-refractivity contribution in [2.45, 2.75) is 52.4 Å². The average Bonchev–Trinajstić information content (AvgIpc) is 2.56. The van der Waals surface area contributed by atoms with E-state index in [9.17, 15) is 0 Å². The van der Waals surface area contributed by atoms with Crippen molar-refractivity contribution >= 4 is 16.8 Å². The molecule has 0 aliphatic heterocycles. The number of aromatic nitrogens is 1. The van der Waals surface area contributed by atoms with Crippen LogP contribution in [0, 0.1) is 0 Å². The van der Waals surface area contributed by atoms with Crippen molar-refractivity contribution in [3.05, 3.63) is 23.3 Å². The van der Waals surface area contributed by atoms with Crippen LogP contribution < -0.4 is 5.73 Å². The van der Waals surface area contributed by atoms with Gasteiger partial charge in [0.2, 0.25) is 0 Å². The minimum atomic E-state index is 0.0678. The number of hydrogen-bond donors (Lipinski definition) is 1. The maximum absolute atomic E-state index is 5.84. The van der Waals surface area contributed by atoms with Gasteiger partial charge in [-0.05, 0) is 34.1 Å². The Kier molecular flexibility index (Phi) is 2.69. The molecule has 3 heteroatoms. The molecule has 0 aliphatic carbocycles. The SMILES string of the molecule is CC(C)(C)c1cc2onc(N)c2cc1C(C)(C)C. The van der Waals surface area contributed by atoms with Gasteiger partial charge in [0, 0.05) is 0 Å². The predicted molar refractivity (Wildman–Crippen MR) is 75.8 cm³/mol. The summed E-state index contributed by atoms with van der Waals surface area (Å²) in [6, 6.07) is 4.21. The van der Waals surface area contributed by atoms with Gasteiger partial charge in [-0.1, -0.05) is 46.7 Å². The molecule has 0 saturated carbocycles. The third kappa shape index (κ3) is 2.09. The van der Waals surface area contributed by atoms with Crippen molar-refractivity contribution < 1.29 is 4.52 Å². The third-order valence-corrected chi connectivity index (χ3v) is 3.25. The van der Waals surface area contributed by atoms with Gasteiger partial charge in [0.1, 0.15) is 0 Å². The zero-order valence-electron chi connectivity index (χ0n) is 12.1. The van der Waals surface area contributed by atoms with E-state index in [2.05, 4.69) is 58.8 Å². The van der Waals surface area contributed by atoms with E-state index in [1.807, 2.05) is 0 Å². The molecule has 0 fully saturated rings. The Morgan fingerprint density at radius 1 is 0.944 bits per heavy atom. The summed E-state index contributed by atoms with van der Waals surface area (Å²) < 4.78 is 5.28. The van der Waals surface area contributed by atoms with Gasteiger partial charge in [-0.2, -0.15) is 0 Å². The van der Waals surface area contributed by atoms with E-state index >= 15 is 0 Å². The molecule has 0 unspecified atom stereocenters. The minimum Gasteiger partial charge on any atom is -0.380 e. The van der Waals surface area contributed by atoms with Crippen LogP contribution in [0.3, 0.4) is 0 Å². The first kappa shape index (κ1) is 12.9. The highest BCUT2D eigenvalue weighted by molar-refractivity contribution is 5.88. The highest BCUT2D eigenvalue weighted by atomic mass is 16.5. The van der Waals surface area contributed by atoms with Gasteiger partial charge in [-0.3, -0.25) is 0 Å². The van der Waals surface area contributed by atoms with Crippen molar-refractivity contribution in [1.82, 2.24) is 5.16 Å². The maximum atomic E-state index is 5.84. The quantitative estimate of drug-likeness (QED) is 0.764. The van der Waals surface area contributed by atoms with E-state index in [0.29, 0.717) is 5.82 Å². The summed E-state index contributed by atoms with van der Waals surface area (Å²) in [5.74, 6) is 0.468. The summed E-state index contributed by atoms with van der Waals surface area (Å²) in [5, 5.41) is 4.75. The van der Waals surface area contributed by atoms with Crippen LogP contribution in [0.25, 0.3) is 11.0 Å². The fourth-order valence-electron chi connectivity index (χ4n) is 2.24. The van der Waals surface area contributed by atoms with Gasteiger partial charge in [-0.25, -0.2) is 0 Å². The topological polar surface area (TPSA) is 52.0 Å². The molecule has 98 valence electrons. The Morgan fingerprint density at radius 2 is 1.44 bits per heavy atom.